The molecular formula is C14H13N3. The number of hydrogen-bond acceptors (Lipinski definition) is 2. The van der Waals surface area contributed by atoms with Crippen LogP contribution in [-0.2, 0) is 0 Å². The molecule has 1 aromatic carbocycles. The number of pyridine rings is 1. The summed E-state index contributed by atoms with van der Waals surface area (Å²) in [6.45, 7) is 4.18. The lowest BCUT2D eigenvalue weighted by Gasteiger charge is -1.96. The Balaban J connectivity index is 2.27. The molecule has 0 spiro atoms. The second-order valence-corrected chi connectivity index (χ2v) is 4.24. The maximum Gasteiger partial charge on any atom is 0.138 e. The van der Waals surface area contributed by atoms with Gasteiger partial charge in [0.1, 0.15) is 5.82 Å². The summed E-state index contributed by atoms with van der Waals surface area (Å²) >= 11 is 0. The van der Waals surface area contributed by atoms with Crippen molar-refractivity contribution in [2.45, 2.75) is 13.8 Å². The normalized spacial score (nSPS) is 10.9. The third-order valence-electron chi connectivity index (χ3n) is 3.01. The van der Waals surface area contributed by atoms with Crippen LogP contribution in [0.15, 0.2) is 36.7 Å². The molecule has 0 saturated carbocycles. The lowest BCUT2D eigenvalue weighted by atomic mass is 10.1. The van der Waals surface area contributed by atoms with Gasteiger partial charge in [-0.1, -0.05) is 12.1 Å². The van der Waals surface area contributed by atoms with Crippen molar-refractivity contribution >= 4 is 11.0 Å². The molecule has 0 aliphatic rings. The van der Waals surface area contributed by atoms with Gasteiger partial charge in [0.2, 0.25) is 0 Å². The van der Waals surface area contributed by atoms with Gasteiger partial charge in [0.25, 0.3) is 0 Å². The SMILES string of the molecule is Cc1ccc(C)c2[nH]c(-c3ccncc3)nc12. The Morgan fingerprint density at radius 1 is 0.941 bits per heavy atom. The molecule has 3 rings (SSSR count). The van der Waals surface area contributed by atoms with Crippen molar-refractivity contribution in [1.82, 2.24) is 15.0 Å². The summed E-state index contributed by atoms with van der Waals surface area (Å²) in [7, 11) is 0. The van der Waals surface area contributed by atoms with Crippen LogP contribution in [0.25, 0.3) is 22.4 Å². The van der Waals surface area contributed by atoms with Crippen LogP contribution in [-0.4, -0.2) is 15.0 Å². The molecule has 3 aromatic rings. The van der Waals surface area contributed by atoms with Crippen LogP contribution in [0.4, 0.5) is 0 Å². The van der Waals surface area contributed by atoms with Crippen LogP contribution < -0.4 is 0 Å². The first kappa shape index (κ1) is 10.0. The second kappa shape index (κ2) is 3.70. The average Bonchev–Trinajstić information content (AvgIpc) is 2.81. The van der Waals surface area contributed by atoms with Crippen molar-refractivity contribution in [3.8, 4) is 11.4 Å². The summed E-state index contributed by atoms with van der Waals surface area (Å²) in [4.78, 5) is 12.1. The Kier molecular flexibility index (Phi) is 2.18. The molecule has 0 unspecified atom stereocenters. The lowest BCUT2D eigenvalue weighted by Crippen LogP contribution is -1.80. The third kappa shape index (κ3) is 1.60. The monoisotopic (exact) mass is 223 g/mol. The maximum absolute atomic E-state index is 4.66. The van der Waals surface area contributed by atoms with E-state index in [9.17, 15) is 0 Å². The number of rotatable bonds is 1. The topological polar surface area (TPSA) is 41.6 Å². The second-order valence-electron chi connectivity index (χ2n) is 4.24. The molecule has 3 nitrogen and oxygen atoms in total. The van der Waals surface area contributed by atoms with Crippen molar-refractivity contribution in [3.63, 3.8) is 0 Å². The van der Waals surface area contributed by atoms with Gasteiger partial charge in [-0.15, -0.1) is 0 Å². The molecule has 84 valence electrons. The van der Waals surface area contributed by atoms with Crippen molar-refractivity contribution in [3.05, 3.63) is 47.8 Å². The summed E-state index contributed by atoms with van der Waals surface area (Å²) in [5, 5.41) is 0. The molecule has 2 heterocycles. The minimum absolute atomic E-state index is 0.903. The quantitative estimate of drug-likeness (QED) is 0.688. The Morgan fingerprint density at radius 2 is 1.65 bits per heavy atom. The number of nitrogens with one attached hydrogen (secondary N) is 1. The molecule has 0 aliphatic heterocycles. The molecule has 0 bridgehead atoms. The minimum Gasteiger partial charge on any atom is -0.338 e. The fourth-order valence-corrected chi connectivity index (χ4v) is 2.00. The van der Waals surface area contributed by atoms with Gasteiger partial charge in [-0.3, -0.25) is 4.98 Å². The van der Waals surface area contributed by atoms with E-state index in [1.165, 1.54) is 11.1 Å². The van der Waals surface area contributed by atoms with E-state index in [2.05, 4.69) is 40.9 Å². The summed E-state index contributed by atoms with van der Waals surface area (Å²) in [6.07, 6.45) is 3.56. The Bertz CT molecular complexity index is 630. The number of imidazole rings is 1. The molecule has 0 atom stereocenters. The number of fused-ring (bicyclic) bond motifs is 1. The summed E-state index contributed by atoms with van der Waals surface area (Å²) < 4.78 is 0. The predicted octanol–water partition coefficient (Wildman–Crippen LogP) is 3.24. The number of H-pyrrole nitrogens is 1. The number of aryl methyl sites for hydroxylation is 2. The zero-order chi connectivity index (χ0) is 11.8. The van der Waals surface area contributed by atoms with Gasteiger partial charge in [-0.05, 0) is 37.1 Å². The Hall–Kier alpha value is -2.16. The molecule has 0 radical (unpaired) electrons. The fourth-order valence-electron chi connectivity index (χ4n) is 2.00. The van der Waals surface area contributed by atoms with E-state index in [0.29, 0.717) is 0 Å². The van der Waals surface area contributed by atoms with Crippen LogP contribution >= 0.6 is 0 Å². The smallest absolute Gasteiger partial charge is 0.138 e. The van der Waals surface area contributed by atoms with E-state index in [-0.39, 0.29) is 0 Å². The van der Waals surface area contributed by atoms with Crippen molar-refractivity contribution in [1.29, 1.82) is 0 Å². The highest BCUT2D eigenvalue weighted by Gasteiger charge is 2.08. The number of nitrogens with zero attached hydrogens (tertiary/aromatic N) is 2. The first-order chi connectivity index (χ1) is 8.25. The van der Waals surface area contributed by atoms with E-state index < -0.39 is 0 Å². The molecule has 0 amide bonds. The van der Waals surface area contributed by atoms with Gasteiger partial charge in [-0.2, -0.15) is 0 Å². The average molecular weight is 223 g/mol. The van der Waals surface area contributed by atoms with Crippen LogP contribution in [0.2, 0.25) is 0 Å². The largest absolute Gasteiger partial charge is 0.338 e. The van der Waals surface area contributed by atoms with E-state index >= 15 is 0 Å². The molecule has 0 fully saturated rings. The van der Waals surface area contributed by atoms with Crippen LogP contribution in [0.3, 0.4) is 0 Å². The molecule has 2 aromatic heterocycles. The Morgan fingerprint density at radius 3 is 2.35 bits per heavy atom. The zero-order valence-electron chi connectivity index (χ0n) is 9.86. The van der Waals surface area contributed by atoms with Crippen molar-refractivity contribution < 1.29 is 0 Å². The van der Waals surface area contributed by atoms with Crippen LogP contribution in [0.1, 0.15) is 11.1 Å². The molecular weight excluding hydrogens is 210 g/mol. The third-order valence-corrected chi connectivity index (χ3v) is 3.01. The van der Waals surface area contributed by atoms with E-state index in [1.807, 2.05) is 12.1 Å². The Labute approximate surface area is 99.5 Å². The standard InChI is InChI=1S/C14H13N3/c1-9-3-4-10(2)13-12(9)16-14(17-13)11-5-7-15-8-6-11/h3-8H,1-2H3,(H,16,17). The van der Waals surface area contributed by atoms with Gasteiger partial charge in [0, 0.05) is 18.0 Å². The molecule has 0 saturated heterocycles. The molecule has 0 aliphatic carbocycles. The number of aromatic nitrogens is 3. The number of benzene rings is 1. The molecule has 17 heavy (non-hydrogen) atoms. The van der Waals surface area contributed by atoms with Gasteiger partial charge in [-0.25, -0.2) is 4.98 Å². The van der Waals surface area contributed by atoms with E-state index in [0.717, 1.165) is 22.4 Å². The van der Waals surface area contributed by atoms with Gasteiger partial charge < -0.3 is 4.98 Å². The van der Waals surface area contributed by atoms with Gasteiger partial charge >= 0.3 is 0 Å². The van der Waals surface area contributed by atoms with Crippen molar-refractivity contribution in [2.24, 2.45) is 0 Å². The predicted molar refractivity (Wildman–Crippen MR) is 68.8 cm³/mol. The summed E-state index contributed by atoms with van der Waals surface area (Å²) in [5.74, 6) is 0.903. The van der Waals surface area contributed by atoms with Gasteiger partial charge in [0.15, 0.2) is 0 Å². The number of aromatic amines is 1. The van der Waals surface area contributed by atoms with E-state index in [4.69, 9.17) is 0 Å². The van der Waals surface area contributed by atoms with Gasteiger partial charge in [0.05, 0.1) is 11.0 Å². The minimum atomic E-state index is 0.903. The van der Waals surface area contributed by atoms with E-state index in [1.54, 1.807) is 12.4 Å². The zero-order valence-corrected chi connectivity index (χ0v) is 9.86. The molecule has 3 heteroatoms. The highest BCUT2D eigenvalue weighted by atomic mass is 14.9. The summed E-state index contributed by atoms with van der Waals surface area (Å²) in [6, 6.07) is 8.14. The first-order valence-corrected chi connectivity index (χ1v) is 5.62. The van der Waals surface area contributed by atoms with Crippen LogP contribution in [0, 0.1) is 13.8 Å². The van der Waals surface area contributed by atoms with Crippen molar-refractivity contribution in [2.75, 3.05) is 0 Å². The maximum atomic E-state index is 4.66. The van der Waals surface area contributed by atoms with Crippen LogP contribution in [0.5, 0.6) is 0 Å². The first-order valence-electron chi connectivity index (χ1n) is 5.62. The highest BCUT2D eigenvalue weighted by Crippen LogP contribution is 2.24. The lowest BCUT2D eigenvalue weighted by molar-refractivity contribution is 1.28. The fraction of sp³-hybridized carbons (Fsp3) is 0.143. The number of hydrogen-bond donors (Lipinski definition) is 1. The summed E-state index contributed by atoms with van der Waals surface area (Å²) in [5.41, 5.74) is 5.66. The highest BCUT2D eigenvalue weighted by molar-refractivity contribution is 5.84. The molecule has 1 N–H and O–H groups in total.